The molecule has 0 N–H and O–H groups in total. The maximum absolute atomic E-state index is 5.66. The molecule has 0 fully saturated rings. The molecule has 0 heterocycles. The number of halogens is 3. The van der Waals surface area contributed by atoms with E-state index in [9.17, 15) is 0 Å². The molecule has 0 amide bonds. The minimum absolute atomic E-state index is 0.730. The van der Waals surface area contributed by atoms with Gasteiger partial charge in [-0.25, -0.2) is 0 Å². The largest absolute Gasteiger partial charge is 0.127 e. The second-order valence-electron chi connectivity index (χ2n) is 2.84. The Morgan fingerprint density at radius 3 is 2.62 bits per heavy atom. The lowest BCUT2D eigenvalue weighted by Gasteiger charge is -2.06. The molecule has 72 valence electrons. The van der Waals surface area contributed by atoms with Crippen molar-refractivity contribution in [2.45, 2.75) is 18.2 Å². The second-order valence-corrected chi connectivity index (χ2v) is 4.69. The highest BCUT2D eigenvalue weighted by molar-refractivity contribution is 9.10. The molecular formula is C10H11Br2Cl. The first-order chi connectivity index (χ1) is 6.27. The molecule has 1 aromatic carbocycles. The molecule has 3 heteroatoms. The Kier molecular flexibility index (Phi) is 5.37. The third-order valence-electron chi connectivity index (χ3n) is 1.89. The predicted molar refractivity (Wildman–Crippen MR) is 65.8 cm³/mol. The van der Waals surface area contributed by atoms with Gasteiger partial charge >= 0.3 is 0 Å². The molecule has 0 aliphatic rings. The van der Waals surface area contributed by atoms with Crippen LogP contribution in [0.4, 0.5) is 0 Å². The molecule has 0 aromatic heterocycles. The van der Waals surface area contributed by atoms with Crippen LogP contribution in [-0.4, -0.2) is 5.88 Å². The van der Waals surface area contributed by atoms with Gasteiger partial charge in [0.15, 0.2) is 0 Å². The highest BCUT2D eigenvalue weighted by Gasteiger charge is 2.01. The zero-order valence-electron chi connectivity index (χ0n) is 7.19. The van der Waals surface area contributed by atoms with Gasteiger partial charge in [0.25, 0.3) is 0 Å². The van der Waals surface area contributed by atoms with Crippen LogP contribution in [0, 0.1) is 0 Å². The van der Waals surface area contributed by atoms with E-state index in [0.29, 0.717) is 0 Å². The third-order valence-corrected chi connectivity index (χ3v) is 3.26. The van der Waals surface area contributed by atoms with Crippen molar-refractivity contribution in [3.63, 3.8) is 0 Å². The van der Waals surface area contributed by atoms with Crippen LogP contribution < -0.4 is 0 Å². The molecule has 1 aromatic rings. The Morgan fingerprint density at radius 1 is 1.23 bits per heavy atom. The van der Waals surface area contributed by atoms with Crippen LogP contribution >= 0.6 is 43.5 Å². The molecular weight excluding hydrogens is 315 g/mol. The molecule has 0 aliphatic carbocycles. The maximum atomic E-state index is 5.66. The summed E-state index contributed by atoms with van der Waals surface area (Å²) < 4.78 is 1.14. The zero-order chi connectivity index (χ0) is 9.68. The van der Waals surface area contributed by atoms with Gasteiger partial charge in [0.2, 0.25) is 0 Å². The fourth-order valence-electron chi connectivity index (χ4n) is 1.21. The van der Waals surface area contributed by atoms with Gasteiger partial charge < -0.3 is 0 Å². The summed E-state index contributed by atoms with van der Waals surface area (Å²) in [6, 6.07) is 6.38. The third kappa shape index (κ3) is 3.61. The Morgan fingerprint density at radius 2 is 2.00 bits per heavy atom. The highest BCUT2D eigenvalue weighted by atomic mass is 79.9. The van der Waals surface area contributed by atoms with E-state index in [2.05, 4.69) is 50.1 Å². The monoisotopic (exact) mass is 324 g/mol. The Labute approximate surface area is 101 Å². The van der Waals surface area contributed by atoms with Crippen molar-refractivity contribution in [1.82, 2.24) is 0 Å². The first kappa shape index (κ1) is 11.5. The normalized spacial score (nSPS) is 10.4. The number of aryl methyl sites for hydroxylation is 1. The van der Waals surface area contributed by atoms with Crippen molar-refractivity contribution >= 4 is 43.5 Å². The Bertz CT molecular complexity index is 274. The van der Waals surface area contributed by atoms with Crippen LogP contribution in [0.5, 0.6) is 0 Å². The second kappa shape index (κ2) is 6.05. The van der Waals surface area contributed by atoms with E-state index < -0.39 is 0 Å². The fraction of sp³-hybridized carbons (Fsp3) is 0.400. The van der Waals surface area contributed by atoms with E-state index >= 15 is 0 Å². The number of alkyl halides is 2. The molecule has 0 saturated heterocycles. The lowest BCUT2D eigenvalue weighted by Crippen LogP contribution is -1.92. The van der Waals surface area contributed by atoms with E-state index in [4.69, 9.17) is 11.6 Å². The van der Waals surface area contributed by atoms with Crippen LogP contribution in [-0.2, 0) is 11.8 Å². The van der Waals surface area contributed by atoms with Crippen molar-refractivity contribution < 1.29 is 0 Å². The number of benzene rings is 1. The standard InChI is InChI=1S/C10H11Br2Cl/c11-7-9-3-4-10(12)6-8(9)2-1-5-13/h3-4,6H,1-2,5,7H2. The van der Waals surface area contributed by atoms with Crippen LogP contribution in [0.25, 0.3) is 0 Å². The summed E-state index contributed by atoms with van der Waals surface area (Å²) in [5, 5.41) is 0.915. The minimum atomic E-state index is 0.730. The van der Waals surface area contributed by atoms with Crippen molar-refractivity contribution in [3.8, 4) is 0 Å². The van der Waals surface area contributed by atoms with E-state index in [1.165, 1.54) is 11.1 Å². The average Bonchev–Trinajstić information content (AvgIpc) is 2.15. The summed E-state index contributed by atoms with van der Waals surface area (Å²) in [6.07, 6.45) is 2.10. The summed E-state index contributed by atoms with van der Waals surface area (Å²) in [5.74, 6) is 0.730. The maximum Gasteiger partial charge on any atom is 0.0285 e. The average molecular weight is 326 g/mol. The van der Waals surface area contributed by atoms with Crippen molar-refractivity contribution in [1.29, 1.82) is 0 Å². The first-order valence-corrected chi connectivity index (χ1v) is 6.62. The summed E-state index contributed by atoms with van der Waals surface area (Å²) in [7, 11) is 0. The first-order valence-electron chi connectivity index (χ1n) is 4.17. The zero-order valence-corrected chi connectivity index (χ0v) is 11.1. The SMILES string of the molecule is ClCCCc1cc(Br)ccc1CBr. The van der Waals surface area contributed by atoms with Gasteiger partial charge in [-0.1, -0.05) is 37.9 Å². The van der Waals surface area contributed by atoms with Crippen molar-refractivity contribution in [2.75, 3.05) is 5.88 Å². The molecule has 0 aliphatic heterocycles. The molecule has 1 rings (SSSR count). The van der Waals surface area contributed by atoms with Crippen LogP contribution in [0.3, 0.4) is 0 Å². The topological polar surface area (TPSA) is 0 Å². The van der Waals surface area contributed by atoms with Gasteiger partial charge in [-0.3, -0.25) is 0 Å². The fourth-order valence-corrected chi connectivity index (χ4v) is 2.30. The van der Waals surface area contributed by atoms with Gasteiger partial charge in [-0.2, -0.15) is 0 Å². The van der Waals surface area contributed by atoms with Crippen LogP contribution in [0.1, 0.15) is 17.5 Å². The summed E-state index contributed by atoms with van der Waals surface area (Å²) >= 11 is 12.6. The van der Waals surface area contributed by atoms with Crippen LogP contribution in [0.15, 0.2) is 22.7 Å². The van der Waals surface area contributed by atoms with Gasteiger partial charge in [-0.15, -0.1) is 11.6 Å². The Balaban J connectivity index is 2.81. The lowest BCUT2D eigenvalue weighted by atomic mass is 10.0. The molecule has 0 spiro atoms. The van der Waals surface area contributed by atoms with Crippen molar-refractivity contribution in [3.05, 3.63) is 33.8 Å². The van der Waals surface area contributed by atoms with E-state index in [-0.39, 0.29) is 0 Å². The van der Waals surface area contributed by atoms with E-state index in [1.807, 2.05) is 0 Å². The smallest absolute Gasteiger partial charge is 0.0285 e. The van der Waals surface area contributed by atoms with Gasteiger partial charge in [-0.05, 0) is 36.1 Å². The molecule has 0 nitrogen and oxygen atoms in total. The van der Waals surface area contributed by atoms with Gasteiger partial charge in [0.05, 0.1) is 0 Å². The minimum Gasteiger partial charge on any atom is -0.127 e. The lowest BCUT2D eigenvalue weighted by molar-refractivity contribution is 0.917. The number of rotatable bonds is 4. The van der Waals surface area contributed by atoms with Gasteiger partial charge in [0, 0.05) is 15.7 Å². The quantitative estimate of drug-likeness (QED) is 0.714. The molecule has 0 atom stereocenters. The highest BCUT2D eigenvalue weighted by Crippen LogP contribution is 2.20. The van der Waals surface area contributed by atoms with E-state index in [0.717, 1.165) is 28.5 Å². The molecule has 13 heavy (non-hydrogen) atoms. The number of hydrogen-bond acceptors (Lipinski definition) is 0. The van der Waals surface area contributed by atoms with Crippen LogP contribution in [0.2, 0.25) is 0 Å². The molecule has 0 radical (unpaired) electrons. The summed E-state index contributed by atoms with van der Waals surface area (Å²) in [6.45, 7) is 0. The molecule has 0 bridgehead atoms. The van der Waals surface area contributed by atoms with Crippen molar-refractivity contribution in [2.24, 2.45) is 0 Å². The molecule has 0 saturated carbocycles. The number of hydrogen-bond donors (Lipinski definition) is 0. The summed E-state index contributed by atoms with van der Waals surface area (Å²) in [5.41, 5.74) is 2.74. The predicted octanol–water partition coefficient (Wildman–Crippen LogP) is 4.52. The van der Waals surface area contributed by atoms with Gasteiger partial charge in [0.1, 0.15) is 0 Å². The Hall–Kier alpha value is 0.470. The van der Waals surface area contributed by atoms with E-state index in [1.54, 1.807) is 0 Å². The molecule has 0 unspecified atom stereocenters. The summed E-state index contributed by atoms with van der Waals surface area (Å²) in [4.78, 5) is 0.